The summed E-state index contributed by atoms with van der Waals surface area (Å²) in [7, 11) is -3.28. The average molecular weight is 464 g/mol. The van der Waals surface area contributed by atoms with Gasteiger partial charge in [-0.1, -0.05) is 45.4 Å². The number of carbonyl (C=O) groups is 2. The second kappa shape index (κ2) is 19.5. The molecular weight excluding hydrogens is 418 g/mol. The van der Waals surface area contributed by atoms with Gasteiger partial charge in [-0.05, 0) is 51.9 Å². The standard InChI is InChI=1S/C23H45NO6S/c1-4-6-7-8-11-16-22(30-21(3)25)17-13-15-20-31(27,28)24-19-14-10-9-12-18-23(26)29-5-2/h22,24H,4-20H2,1-3H3. The second-order valence-electron chi connectivity index (χ2n) is 8.11. The molecular formula is C23H45NO6S. The van der Waals surface area contributed by atoms with E-state index in [1.54, 1.807) is 6.92 Å². The lowest BCUT2D eigenvalue weighted by molar-refractivity contribution is -0.147. The molecule has 0 bridgehead atoms. The third-order valence-electron chi connectivity index (χ3n) is 5.09. The molecule has 7 nitrogen and oxygen atoms in total. The number of esters is 2. The van der Waals surface area contributed by atoms with Gasteiger partial charge >= 0.3 is 11.9 Å². The Kier molecular flexibility index (Phi) is 18.8. The van der Waals surface area contributed by atoms with Crippen LogP contribution in [0.15, 0.2) is 0 Å². The van der Waals surface area contributed by atoms with Crippen molar-refractivity contribution in [2.75, 3.05) is 18.9 Å². The largest absolute Gasteiger partial charge is 0.466 e. The van der Waals surface area contributed by atoms with Crippen LogP contribution < -0.4 is 4.72 Å². The molecule has 8 heteroatoms. The van der Waals surface area contributed by atoms with Gasteiger partial charge in [0, 0.05) is 19.9 Å². The minimum atomic E-state index is -3.28. The molecule has 184 valence electrons. The van der Waals surface area contributed by atoms with Crippen LogP contribution in [-0.4, -0.2) is 45.4 Å². The Morgan fingerprint density at radius 3 is 2.10 bits per heavy atom. The molecule has 0 aromatic carbocycles. The zero-order chi connectivity index (χ0) is 23.4. The Morgan fingerprint density at radius 1 is 0.839 bits per heavy atom. The predicted octanol–water partition coefficient (Wildman–Crippen LogP) is 4.88. The first-order chi connectivity index (χ1) is 14.8. The highest BCUT2D eigenvalue weighted by Gasteiger charge is 2.14. The lowest BCUT2D eigenvalue weighted by atomic mass is 10.0. The number of ether oxygens (including phenoxy) is 2. The molecule has 0 aliphatic rings. The maximum atomic E-state index is 12.1. The maximum absolute atomic E-state index is 12.1. The first-order valence-electron chi connectivity index (χ1n) is 12.1. The van der Waals surface area contributed by atoms with Gasteiger partial charge in [0.25, 0.3) is 0 Å². The molecule has 0 aromatic heterocycles. The van der Waals surface area contributed by atoms with E-state index in [9.17, 15) is 18.0 Å². The van der Waals surface area contributed by atoms with Gasteiger partial charge in [-0.15, -0.1) is 0 Å². The summed E-state index contributed by atoms with van der Waals surface area (Å²) in [5.74, 6) is -0.343. The van der Waals surface area contributed by atoms with Crippen LogP contribution in [0.3, 0.4) is 0 Å². The number of unbranched alkanes of at least 4 members (excludes halogenated alkanes) is 8. The van der Waals surface area contributed by atoms with Crippen LogP contribution in [0.25, 0.3) is 0 Å². The van der Waals surface area contributed by atoms with E-state index in [1.165, 1.54) is 26.2 Å². The van der Waals surface area contributed by atoms with Gasteiger partial charge in [-0.2, -0.15) is 0 Å². The quantitative estimate of drug-likeness (QED) is 0.192. The topological polar surface area (TPSA) is 98.8 Å². The SMILES string of the molecule is CCCCCCCC(CCCCS(=O)(=O)NCCCCCCC(=O)OCC)OC(C)=O. The molecule has 1 N–H and O–H groups in total. The van der Waals surface area contributed by atoms with E-state index in [1.807, 2.05) is 0 Å². The van der Waals surface area contributed by atoms with Gasteiger partial charge in [-0.3, -0.25) is 9.59 Å². The first-order valence-corrected chi connectivity index (χ1v) is 13.8. The zero-order valence-electron chi connectivity index (χ0n) is 20.0. The molecule has 0 saturated heterocycles. The lowest BCUT2D eigenvalue weighted by Gasteiger charge is -2.17. The number of sulfonamides is 1. The number of hydrogen-bond acceptors (Lipinski definition) is 6. The van der Waals surface area contributed by atoms with E-state index in [2.05, 4.69) is 11.6 Å². The fourth-order valence-corrected chi connectivity index (χ4v) is 4.60. The molecule has 0 aliphatic carbocycles. The van der Waals surface area contributed by atoms with Crippen molar-refractivity contribution in [2.24, 2.45) is 0 Å². The van der Waals surface area contributed by atoms with Crippen molar-refractivity contribution in [1.82, 2.24) is 4.72 Å². The summed E-state index contributed by atoms with van der Waals surface area (Å²) in [6.07, 6.45) is 12.3. The Balaban J connectivity index is 3.89. The van der Waals surface area contributed by atoms with Gasteiger partial charge < -0.3 is 9.47 Å². The highest BCUT2D eigenvalue weighted by molar-refractivity contribution is 7.89. The van der Waals surface area contributed by atoms with Crippen LogP contribution in [-0.2, 0) is 29.1 Å². The summed E-state index contributed by atoms with van der Waals surface area (Å²) in [5.41, 5.74) is 0. The molecule has 1 unspecified atom stereocenters. The van der Waals surface area contributed by atoms with Crippen molar-refractivity contribution in [3.8, 4) is 0 Å². The van der Waals surface area contributed by atoms with Crippen molar-refractivity contribution < 1.29 is 27.5 Å². The van der Waals surface area contributed by atoms with Gasteiger partial charge in [0.1, 0.15) is 6.10 Å². The monoisotopic (exact) mass is 463 g/mol. The molecule has 0 radical (unpaired) electrons. The van der Waals surface area contributed by atoms with Gasteiger partial charge in [0.15, 0.2) is 0 Å². The second-order valence-corrected chi connectivity index (χ2v) is 10.0. The Bertz CT molecular complexity index is 564. The molecule has 1 atom stereocenters. The van der Waals surface area contributed by atoms with E-state index in [4.69, 9.17) is 9.47 Å². The third kappa shape index (κ3) is 20.5. The van der Waals surface area contributed by atoms with E-state index in [0.717, 1.165) is 51.4 Å². The van der Waals surface area contributed by atoms with Gasteiger partial charge in [0.2, 0.25) is 10.0 Å². The number of nitrogens with one attached hydrogen (secondary N) is 1. The fraction of sp³-hybridized carbons (Fsp3) is 0.913. The van der Waals surface area contributed by atoms with Crippen molar-refractivity contribution >= 4 is 22.0 Å². The van der Waals surface area contributed by atoms with E-state index in [0.29, 0.717) is 32.4 Å². The summed E-state index contributed by atoms with van der Waals surface area (Å²) < 4.78 is 37.2. The van der Waals surface area contributed by atoms with E-state index < -0.39 is 10.0 Å². The Hall–Kier alpha value is -1.15. The maximum Gasteiger partial charge on any atom is 0.305 e. The Morgan fingerprint density at radius 2 is 1.45 bits per heavy atom. The summed E-state index contributed by atoms with van der Waals surface area (Å²) in [4.78, 5) is 22.5. The lowest BCUT2D eigenvalue weighted by Crippen LogP contribution is -2.27. The number of hydrogen-bond donors (Lipinski definition) is 1. The molecule has 31 heavy (non-hydrogen) atoms. The minimum Gasteiger partial charge on any atom is -0.466 e. The van der Waals surface area contributed by atoms with Gasteiger partial charge in [-0.25, -0.2) is 13.1 Å². The highest BCUT2D eigenvalue weighted by Crippen LogP contribution is 2.15. The molecule has 0 heterocycles. The van der Waals surface area contributed by atoms with Gasteiger partial charge in [0.05, 0.1) is 12.4 Å². The molecule has 0 saturated carbocycles. The smallest absolute Gasteiger partial charge is 0.305 e. The first kappa shape index (κ1) is 29.9. The summed E-state index contributed by atoms with van der Waals surface area (Å²) in [6.45, 7) is 6.23. The number of rotatable bonds is 21. The highest BCUT2D eigenvalue weighted by atomic mass is 32.2. The molecule has 0 aromatic rings. The third-order valence-corrected chi connectivity index (χ3v) is 6.56. The zero-order valence-corrected chi connectivity index (χ0v) is 20.8. The van der Waals surface area contributed by atoms with Crippen LogP contribution in [0.4, 0.5) is 0 Å². The minimum absolute atomic E-state index is 0.0964. The summed E-state index contributed by atoms with van der Waals surface area (Å²) >= 11 is 0. The molecule has 0 amide bonds. The normalized spacial score (nSPS) is 12.5. The van der Waals surface area contributed by atoms with Crippen LogP contribution in [0.1, 0.15) is 111 Å². The Labute approximate surface area is 190 Å². The molecule has 0 rings (SSSR count). The number of carbonyl (C=O) groups excluding carboxylic acids is 2. The van der Waals surface area contributed by atoms with Crippen molar-refractivity contribution in [3.63, 3.8) is 0 Å². The predicted molar refractivity (Wildman–Crippen MR) is 124 cm³/mol. The van der Waals surface area contributed by atoms with Crippen LogP contribution in [0, 0.1) is 0 Å². The van der Waals surface area contributed by atoms with Crippen molar-refractivity contribution in [3.05, 3.63) is 0 Å². The van der Waals surface area contributed by atoms with Crippen molar-refractivity contribution in [2.45, 2.75) is 117 Å². The van der Waals surface area contributed by atoms with Crippen LogP contribution in [0.2, 0.25) is 0 Å². The molecule has 0 aliphatic heterocycles. The van der Waals surface area contributed by atoms with Crippen molar-refractivity contribution in [1.29, 1.82) is 0 Å². The van der Waals surface area contributed by atoms with Crippen LogP contribution >= 0.6 is 0 Å². The fourth-order valence-electron chi connectivity index (χ4n) is 3.42. The molecule has 0 spiro atoms. The molecule has 0 fully saturated rings. The van der Waals surface area contributed by atoms with Crippen LogP contribution in [0.5, 0.6) is 0 Å². The summed E-state index contributed by atoms with van der Waals surface area (Å²) in [5, 5.41) is 0. The summed E-state index contributed by atoms with van der Waals surface area (Å²) in [6, 6.07) is 0. The van der Waals surface area contributed by atoms with E-state index in [-0.39, 0.29) is 23.8 Å². The average Bonchev–Trinajstić information content (AvgIpc) is 2.69. The van der Waals surface area contributed by atoms with E-state index >= 15 is 0 Å².